The first-order valence-corrected chi connectivity index (χ1v) is 7.91. The maximum atomic E-state index is 12.3. The van der Waals surface area contributed by atoms with Crippen molar-refractivity contribution in [2.24, 2.45) is 11.8 Å². The molecular formula is C17H22ClNO2. The third kappa shape index (κ3) is 4.31. The second-order valence-corrected chi connectivity index (χ2v) is 6.51. The molecule has 1 aromatic carbocycles. The van der Waals surface area contributed by atoms with Gasteiger partial charge in [0.1, 0.15) is 0 Å². The highest BCUT2D eigenvalue weighted by Crippen LogP contribution is 2.25. The van der Waals surface area contributed by atoms with E-state index in [1.54, 1.807) is 29.2 Å². The van der Waals surface area contributed by atoms with Crippen LogP contribution in [0.3, 0.4) is 0 Å². The molecule has 1 aliphatic rings. The summed E-state index contributed by atoms with van der Waals surface area (Å²) < 4.78 is 0. The van der Waals surface area contributed by atoms with Crippen LogP contribution in [0.4, 0.5) is 0 Å². The maximum absolute atomic E-state index is 12.3. The molecule has 114 valence electrons. The van der Waals surface area contributed by atoms with Gasteiger partial charge in [-0.2, -0.15) is 0 Å². The molecule has 1 heterocycles. The lowest BCUT2D eigenvalue weighted by atomic mass is 9.89. The van der Waals surface area contributed by atoms with Crippen LogP contribution in [0.2, 0.25) is 5.02 Å². The molecule has 0 N–H and O–H groups in total. The van der Waals surface area contributed by atoms with Crippen LogP contribution in [0.15, 0.2) is 24.3 Å². The highest BCUT2D eigenvalue weighted by atomic mass is 35.5. The Balaban J connectivity index is 1.99. The molecule has 0 bridgehead atoms. The SMILES string of the molecule is CC(C)C1CCC(=O)N(CC(=O)c2ccc(Cl)cc2)CC1. The summed E-state index contributed by atoms with van der Waals surface area (Å²) in [6, 6.07) is 6.83. The summed E-state index contributed by atoms with van der Waals surface area (Å²) in [5.74, 6) is 1.23. The van der Waals surface area contributed by atoms with Crippen molar-refractivity contribution >= 4 is 23.3 Å². The second kappa shape index (κ2) is 7.08. The number of halogens is 1. The van der Waals surface area contributed by atoms with Gasteiger partial charge in [-0.15, -0.1) is 0 Å². The van der Waals surface area contributed by atoms with E-state index in [4.69, 9.17) is 11.6 Å². The van der Waals surface area contributed by atoms with Crippen LogP contribution in [0.5, 0.6) is 0 Å². The van der Waals surface area contributed by atoms with Gasteiger partial charge in [-0.25, -0.2) is 0 Å². The number of likely N-dealkylation sites (tertiary alicyclic amines) is 1. The fourth-order valence-corrected chi connectivity index (χ4v) is 2.92. The van der Waals surface area contributed by atoms with Crippen molar-refractivity contribution in [2.45, 2.75) is 33.1 Å². The molecule has 3 nitrogen and oxygen atoms in total. The average molecular weight is 308 g/mol. The summed E-state index contributed by atoms with van der Waals surface area (Å²) in [5, 5.41) is 0.608. The third-order valence-electron chi connectivity index (χ3n) is 4.29. The third-order valence-corrected chi connectivity index (χ3v) is 4.55. The minimum Gasteiger partial charge on any atom is -0.335 e. The topological polar surface area (TPSA) is 37.4 Å². The Morgan fingerprint density at radius 1 is 1.29 bits per heavy atom. The molecule has 1 amide bonds. The van der Waals surface area contributed by atoms with Crippen LogP contribution in [-0.4, -0.2) is 29.7 Å². The summed E-state index contributed by atoms with van der Waals surface area (Å²) in [6.07, 6.45) is 2.47. The van der Waals surface area contributed by atoms with Crippen molar-refractivity contribution in [1.82, 2.24) is 4.90 Å². The second-order valence-electron chi connectivity index (χ2n) is 6.08. The molecule has 1 saturated heterocycles. The number of carbonyl (C=O) groups excluding carboxylic acids is 2. The molecule has 1 aliphatic heterocycles. The summed E-state index contributed by atoms with van der Waals surface area (Å²) >= 11 is 5.82. The number of hydrogen-bond donors (Lipinski definition) is 0. The van der Waals surface area contributed by atoms with Crippen molar-refractivity contribution in [3.8, 4) is 0 Å². The van der Waals surface area contributed by atoms with Gasteiger partial charge in [-0.3, -0.25) is 9.59 Å². The quantitative estimate of drug-likeness (QED) is 0.793. The van der Waals surface area contributed by atoms with Gasteiger partial charge >= 0.3 is 0 Å². The van der Waals surface area contributed by atoms with Crippen LogP contribution in [0.25, 0.3) is 0 Å². The molecule has 1 aromatic rings. The normalized spacial score (nSPS) is 19.7. The first kappa shape index (κ1) is 16.0. The van der Waals surface area contributed by atoms with E-state index in [2.05, 4.69) is 13.8 Å². The number of Topliss-reactive ketones (excluding diaryl/α,β-unsaturated/α-hetero) is 1. The van der Waals surface area contributed by atoms with E-state index < -0.39 is 0 Å². The predicted molar refractivity (Wildman–Crippen MR) is 84.5 cm³/mol. The lowest BCUT2D eigenvalue weighted by Crippen LogP contribution is -2.35. The molecule has 1 fully saturated rings. The molecule has 0 radical (unpaired) electrons. The number of benzene rings is 1. The molecular weight excluding hydrogens is 286 g/mol. The van der Waals surface area contributed by atoms with Crippen LogP contribution >= 0.6 is 11.6 Å². The van der Waals surface area contributed by atoms with Gasteiger partial charge in [0.15, 0.2) is 5.78 Å². The Hall–Kier alpha value is -1.35. The molecule has 21 heavy (non-hydrogen) atoms. The van der Waals surface area contributed by atoms with Crippen LogP contribution < -0.4 is 0 Å². The Bertz CT molecular complexity index is 510. The number of nitrogens with zero attached hydrogens (tertiary/aromatic N) is 1. The van der Waals surface area contributed by atoms with Gasteiger partial charge in [0.2, 0.25) is 5.91 Å². The van der Waals surface area contributed by atoms with Crippen molar-refractivity contribution in [1.29, 1.82) is 0 Å². The molecule has 4 heteroatoms. The summed E-state index contributed by atoms with van der Waals surface area (Å²) in [7, 11) is 0. The monoisotopic (exact) mass is 307 g/mol. The molecule has 1 atom stereocenters. The minimum atomic E-state index is -0.0250. The van der Waals surface area contributed by atoms with Crippen molar-refractivity contribution < 1.29 is 9.59 Å². The first-order valence-electron chi connectivity index (χ1n) is 7.54. The fourth-order valence-electron chi connectivity index (χ4n) is 2.79. The Morgan fingerprint density at radius 3 is 2.57 bits per heavy atom. The summed E-state index contributed by atoms with van der Waals surface area (Å²) in [6.45, 7) is 5.25. The van der Waals surface area contributed by atoms with Gasteiger partial charge in [0.05, 0.1) is 6.54 Å². The number of carbonyl (C=O) groups is 2. The van der Waals surface area contributed by atoms with Gasteiger partial charge in [0.25, 0.3) is 0 Å². The standard InChI is InChI=1S/C17H22ClNO2/c1-12(2)13-5-8-17(21)19(10-9-13)11-16(20)14-3-6-15(18)7-4-14/h3-4,6-7,12-13H,5,8-11H2,1-2H3. The Morgan fingerprint density at radius 2 is 1.95 bits per heavy atom. The Labute approximate surface area is 131 Å². The number of rotatable bonds is 4. The van der Waals surface area contributed by atoms with E-state index in [1.165, 1.54) is 0 Å². The van der Waals surface area contributed by atoms with Gasteiger partial charge < -0.3 is 4.90 Å². The van der Waals surface area contributed by atoms with Gasteiger partial charge in [-0.1, -0.05) is 25.4 Å². The van der Waals surface area contributed by atoms with Gasteiger partial charge in [-0.05, 0) is 48.9 Å². The highest BCUT2D eigenvalue weighted by Gasteiger charge is 2.25. The molecule has 0 saturated carbocycles. The summed E-state index contributed by atoms with van der Waals surface area (Å²) in [4.78, 5) is 26.1. The predicted octanol–water partition coefficient (Wildman–Crippen LogP) is 3.81. The smallest absolute Gasteiger partial charge is 0.222 e. The lowest BCUT2D eigenvalue weighted by molar-refractivity contribution is -0.130. The highest BCUT2D eigenvalue weighted by molar-refractivity contribution is 6.30. The van der Waals surface area contributed by atoms with Crippen molar-refractivity contribution in [3.63, 3.8) is 0 Å². The van der Waals surface area contributed by atoms with E-state index >= 15 is 0 Å². The fraction of sp³-hybridized carbons (Fsp3) is 0.529. The van der Waals surface area contributed by atoms with E-state index in [0.717, 1.165) is 12.8 Å². The largest absolute Gasteiger partial charge is 0.335 e. The molecule has 1 unspecified atom stereocenters. The van der Waals surface area contributed by atoms with Crippen LogP contribution in [-0.2, 0) is 4.79 Å². The first-order chi connectivity index (χ1) is 9.97. The van der Waals surface area contributed by atoms with E-state index in [9.17, 15) is 9.59 Å². The van der Waals surface area contributed by atoms with E-state index in [1.807, 2.05) is 0 Å². The van der Waals surface area contributed by atoms with E-state index in [0.29, 0.717) is 35.4 Å². The molecule has 2 rings (SSSR count). The van der Waals surface area contributed by atoms with Crippen molar-refractivity contribution in [3.05, 3.63) is 34.9 Å². The number of amides is 1. The summed E-state index contributed by atoms with van der Waals surface area (Å²) in [5.41, 5.74) is 0.608. The Kier molecular flexibility index (Phi) is 5.40. The molecule has 0 aliphatic carbocycles. The average Bonchev–Trinajstić information content (AvgIpc) is 2.62. The van der Waals surface area contributed by atoms with Crippen molar-refractivity contribution in [2.75, 3.05) is 13.1 Å². The van der Waals surface area contributed by atoms with Crippen LogP contribution in [0, 0.1) is 11.8 Å². The zero-order chi connectivity index (χ0) is 15.4. The lowest BCUT2D eigenvalue weighted by Gasteiger charge is -2.21. The zero-order valence-electron chi connectivity index (χ0n) is 12.6. The number of hydrogen-bond acceptors (Lipinski definition) is 2. The minimum absolute atomic E-state index is 0.0250. The molecule has 0 aromatic heterocycles. The van der Waals surface area contributed by atoms with Gasteiger partial charge in [0, 0.05) is 23.6 Å². The van der Waals surface area contributed by atoms with E-state index in [-0.39, 0.29) is 18.2 Å². The van der Waals surface area contributed by atoms with Crippen LogP contribution in [0.1, 0.15) is 43.5 Å². The number of ketones is 1. The molecule has 0 spiro atoms. The zero-order valence-corrected chi connectivity index (χ0v) is 13.4. The maximum Gasteiger partial charge on any atom is 0.222 e.